The van der Waals surface area contributed by atoms with Gasteiger partial charge in [0.15, 0.2) is 0 Å². The van der Waals surface area contributed by atoms with Gasteiger partial charge in [0.05, 0.1) is 10.6 Å². The summed E-state index contributed by atoms with van der Waals surface area (Å²) in [7, 11) is -3.94. The van der Waals surface area contributed by atoms with Crippen molar-refractivity contribution in [3.05, 3.63) is 89.0 Å². The number of aryl methyl sites for hydroxylation is 3. The molecule has 3 rings (SSSR count). The summed E-state index contributed by atoms with van der Waals surface area (Å²) in [6.45, 7) is 9.68. The Bertz CT molecular complexity index is 1220. The maximum absolute atomic E-state index is 13.6. The molecule has 1 amide bonds. The molecule has 3 aromatic carbocycles. The van der Waals surface area contributed by atoms with Gasteiger partial charge in [-0.1, -0.05) is 68.8 Å². The van der Waals surface area contributed by atoms with Gasteiger partial charge in [0.25, 0.3) is 10.0 Å². The van der Waals surface area contributed by atoms with Gasteiger partial charge in [-0.3, -0.25) is 9.10 Å². The molecule has 3 aromatic rings. The number of benzene rings is 3. The quantitative estimate of drug-likeness (QED) is 0.457. The number of hydrogen-bond acceptors (Lipinski definition) is 3. The minimum Gasteiger partial charge on any atom is -0.324 e. The van der Waals surface area contributed by atoms with Gasteiger partial charge in [-0.25, -0.2) is 8.42 Å². The summed E-state index contributed by atoms with van der Waals surface area (Å²) in [6.07, 6.45) is 0.844. The maximum atomic E-state index is 13.6. The first kappa shape index (κ1) is 24.5. The van der Waals surface area contributed by atoms with E-state index in [-0.39, 0.29) is 23.3 Å². The fourth-order valence-corrected chi connectivity index (χ4v) is 5.12. The third-order valence-electron chi connectivity index (χ3n) is 5.72. The lowest BCUT2D eigenvalue weighted by Crippen LogP contribution is -2.38. The summed E-state index contributed by atoms with van der Waals surface area (Å²) in [4.78, 5) is 13.3. The van der Waals surface area contributed by atoms with Crippen LogP contribution in [0.5, 0.6) is 0 Å². The number of carbonyl (C=O) groups is 1. The second-order valence-electron chi connectivity index (χ2n) is 8.59. The molecule has 0 radical (unpaired) electrons. The molecule has 0 unspecified atom stereocenters. The molecule has 0 aliphatic carbocycles. The normalized spacial score (nSPS) is 11.5. The minimum atomic E-state index is -3.94. The highest BCUT2D eigenvalue weighted by atomic mass is 32.2. The van der Waals surface area contributed by atoms with Crippen molar-refractivity contribution in [1.82, 2.24) is 0 Å². The molecule has 0 saturated heterocycles. The van der Waals surface area contributed by atoms with Gasteiger partial charge in [-0.05, 0) is 67.1 Å². The number of hydrogen-bond donors (Lipinski definition) is 1. The van der Waals surface area contributed by atoms with Crippen molar-refractivity contribution >= 4 is 27.3 Å². The van der Waals surface area contributed by atoms with Crippen LogP contribution in [0.3, 0.4) is 0 Å². The van der Waals surface area contributed by atoms with Crippen LogP contribution in [0.2, 0.25) is 0 Å². The van der Waals surface area contributed by atoms with E-state index in [1.54, 1.807) is 36.4 Å². The molecule has 6 heteroatoms. The number of carbonyl (C=O) groups excluding carboxylic acids is 1. The van der Waals surface area contributed by atoms with Crippen molar-refractivity contribution in [2.75, 3.05) is 16.2 Å². The van der Waals surface area contributed by atoms with Crippen molar-refractivity contribution in [1.29, 1.82) is 0 Å². The van der Waals surface area contributed by atoms with E-state index >= 15 is 0 Å². The Labute approximate surface area is 197 Å². The van der Waals surface area contributed by atoms with Crippen molar-refractivity contribution in [2.24, 2.45) is 0 Å². The Balaban J connectivity index is 1.98. The van der Waals surface area contributed by atoms with Crippen molar-refractivity contribution in [3.63, 3.8) is 0 Å². The summed E-state index contributed by atoms with van der Waals surface area (Å²) < 4.78 is 28.3. The van der Waals surface area contributed by atoms with Crippen molar-refractivity contribution < 1.29 is 13.2 Å². The van der Waals surface area contributed by atoms with E-state index in [2.05, 4.69) is 19.2 Å². The van der Waals surface area contributed by atoms with Gasteiger partial charge in [0.1, 0.15) is 6.54 Å². The maximum Gasteiger partial charge on any atom is 0.264 e. The molecule has 5 nitrogen and oxygen atoms in total. The number of nitrogens with one attached hydrogen (secondary N) is 1. The van der Waals surface area contributed by atoms with Crippen LogP contribution in [0, 0.1) is 13.8 Å². The lowest BCUT2D eigenvalue weighted by molar-refractivity contribution is -0.114. The summed E-state index contributed by atoms with van der Waals surface area (Å²) in [5.74, 6) is -0.171. The summed E-state index contributed by atoms with van der Waals surface area (Å²) >= 11 is 0. The third kappa shape index (κ3) is 5.63. The van der Waals surface area contributed by atoms with E-state index in [1.165, 1.54) is 4.31 Å². The number of anilines is 2. The number of amides is 1. The lowest BCUT2D eigenvalue weighted by Gasteiger charge is -2.25. The van der Waals surface area contributed by atoms with E-state index < -0.39 is 10.0 Å². The van der Waals surface area contributed by atoms with Gasteiger partial charge < -0.3 is 5.32 Å². The molecule has 33 heavy (non-hydrogen) atoms. The topological polar surface area (TPSA) is 66.5 Å². The van der Waals surface area contributed by atoms with Gasteiger partial charge in [-0.2, -0.15) is 0 Å². The monoisotopic (exact) mass is 464 g/mol. The average Bonchev–Trinajstić information content (AvgIpc) is 2.79. The Kier molecular flexibility index (Phi) is 7.59. The van der Waals surface area contributed by atoms with E-state index in [0.717, 1.165) is 34.4 Å². The molecule has 0 saturated carbocycles. The van der Waals surface area contributed by atoms with Crippen LogP contribution in [-0.2, 0) is 21.2 Å². The molecule has 0 aromatic heterocycles. The molecule has 0 spiro atoms. The summed E-state index contributed by atoms with van der Waals surface area (Å²) in [6, 6.07) is 19.8. The zero-order valence-electron chi connectivity index (χ0n) is 19.9. The molecule has 0 atom stereocenters. The standard InChI is InChI=1S/C27H32N2O3S/c1-6-22-12-14-23(15-13-22)29(33(31,32)24-16-10-20(4)11-17-24)18-26(30)28-27-21(5)8-7-9-25(27)19(2)3/h7-17,19H,6,18H2,1-5H3,(H,28,30). The fourth-order valence-electron chi connectivity index (χ4n) is 3.70. The Morgan fingerprint density at radius 3 is 2.15 bits per heavy atom. The molecule has 0 aliphatic heterocycles. The predicted molar refractivity (Wildman–Crippen MR) is 135 cm³/mol. The van der Waals surface area contributed by atoms with Crippen LogP contribution in [0.25, 0.3) is 0 Å². The zero-order chi connectivity index (χ0) is 24.2. The van der Waals surface area contributed by atoms with Gasteiger partial charge in [0, 0.05) is 5.69 Å². The molecule has 0 fully saturated rings. The van der Waals surface area contributed by atoms with Crippen LogP contribution in [0.4, 0.5) is 11.4 Å². The predicted octanol–water partition coefficient (Wildman–Crippen LogP) is 5.82. The van der Waals surface area contributed by atoms with Gasteiger partial charge in [-0.15, -0.1) is 0 Å². The fraction of sp³-hybridized carbons (Fsp3) is 0.296. The second-order valence-corrected chi connectivity index (χ2v) is 10.4. The second kappa shape index (κ2) is 10.2. The molecule has 1 N–H and O–H groups in total. The highest BCUT2D eigenvalue weighted by Crippen LogP contribution is 2.28. The molecule has 0 bridgehead atoms. The van der Waals surface area contributed by atoms with Crippen molar-refractivity contribution in [2.45, 2.75) is 51.9 Å². The zero-order valence-corrected chi connectivity index (χ0v) is 20.7. The van der Waals surface area contributed by atoms with Crippen LogP contribution >= 0.6 is 0 Å². The first-order valence-corrected chi connectivity index (χ1v) is 12.6. The highest BCUT2D eigenvalue weighted by molar-refractivity contribution is 7.92. The van der Waals surface area contributed by atoms with Crippen LogP contribution in [0.1, 0.15) is 48.9 Å². The number of rotatable bonds is 8. The number of sulfonamides is 1. The van der Waals surface area contributed by atoms with E-state index in [1.807, 2.05) is 51.1 Å². The first-order chi connectivity index (χ1) is 15.6. The highest BCUT2D eigenvalue weighted by Gasteiger charge is 2.27. The largest absolute Gasteiger partial charge is 0.324 e. The molecule has 0 heterocycles. The van der Waals surface area contributed by atoms with E-state index in [9.17, 15) is 13.2 Å². The molecular formula is C27H32N2O3S. The van der Waals surface area contributed by atoms with E-state index in [0.29, 0.717) is 5.69 Å². The Morgan fingerprint density at radius 2 is 1.58 bits per heavy atom. The third-order valence-corrected chi connectivity index (χ3v) is 7.51. The minimum absolute atomic E-state index is 0.152. The Hall–Kier alpha value is -3.12. The SMILES string of the molecule is CCc1ccc(N(CC(=O)Nc2c(C)cccc2C(C)C)S(=O)(=O)c2ccc(C)cc2)cc1. The molecular weight excluding hydrogens is 432 g/mol. The van der Waals surface area contributed by atoms with Crippen LogP contribution < -0.4 is 9.62 Å². The molecule has 174 valence electrons. The van der Waals surface area contributed by atoms with Crippen molar-refractivity contribution in [3.8, 4) is 0 Å². The van der Waals surface area contributed by atoms with Crippen LogP contribution in [-0.4, -0.2) is 20.9 Å². The number of para-hydroxylation sites is 1. The summed E-state index contributed by atoms with van der Waals surface area (Å²) in [5, 5.41) is 2.97. The first-order valence-electron chi connectivity index (χ1n) is 11.2. The smallest absolute Gasteiger partial charge is 0.264 e. The van der Waals surface area contributed by atoms with E-state index in [4.69, 9.17) is 0 Å². The number of nitrogens with zero attached hydrogens (tertiary/aromatic N) is 1. The van der Waals surface area contributed by atoms with Gasteiger partial charge >= 0.3 is 0 Å². The average molecular weight is 465 g/mol. The lowest BCUT2D eigenvalue weighted by atomic mass is 9.98. The Morgan fingerprint density at radius 1 is 0.939 bits per heavy atom. The van der Waals surface area contributed by atoms with Gasteiger partial charge in [0.2, 0.25) is 5.91 Å². The summed E-state index contributed by atoms with van der Waals surface area (Å²) in [5.41, 5.74) is 5.21. The molecule has 0 aliphatic rings. The van der Waals surface area contributed by atoms with Crippen LogP contribution in [0.15, 0.2) is 71.6 Å².